The minimum atomic E-state index is -6.37. The zero-order valence-corrected chi connectivity index (χ0v) is 22.2. The molecule has 0 bridgehead atoms. The number of carbonyl (C=O) groups is 1. The normalized spacial score (nSPS) is 26.9. The van der Waals surface area contributed by atoms with E-state index in [2.05, 4.69) is 0 Å². The van der Waals surface area contributed by atoms with Crippen LogP contribution in [0.15, 0.2) is 53.4 Å². The molecule has 3 heterocycles. The molecule has 3 aliphatic heterocycles. The van der Waals surface area contributed by atoms with E-state index in [1.807, 2.05) is 0 Å². The van der Waals surface area contributed by atoms with E-state index in [1.165, 1.54) is 0 Å². The van der Waals surface area contributed by atoms with Crippen LogP contribution in [-0.4, -0.2) is 70.5 Å². The van der Waals surface area contributed by atoms with Crippen molar-refractivity contribution >= 4 is 15.9 Å². The summed E-state index contributed by atoms with van der Waals surface area (Å²) < 4.78 is 150. The molecule has 2 aromatic carbocycles. The Morgan fingerprint density at radius 1 is 0.929 bits per heavy atom. The number of rotatable bonds is 5. The van der Waals surface area contributed by atoms with E-state index in [1.54, 1.807) is 0 Å². The molecule has 0 spiro atoms. The molecule has 5 rings (SSSR count). The number of benzene rings is 2. The summed E-state index contributed by atoms with van der Waals surface area (Å²) in [6.07, 6.45) is -14.7. The van der Waals surface area contributed by atoms with Crippen molar-refractivity contribution in [2.24, 2.45) is 5.92 Å². The lowest BCUT2D eigenvalue weighted by atomic mass is 9.90. The summed E-state index contributed by atoms with van der Waals surface area (Å²) in [5, 5.41) is 0. The molecule has 0 aromatic heterocycles. The highest BCUT2D eigenvalue weighted by Crippen LogP contribution is 2.54. The summed E-state index contributed by atoms with van der Waals surface area (Å²) in [5.41, 5.74) is -7.83. The Morgan fingerprint density at radius 3 is 2.14 bits per heavy atom. The fraction of sp³-hybridized carbons (Fsp3) is 0.500. The molecule has 42 heavy (non-hydrogen) atoms. The molecule has 7 nitrogen and oxygen atoms in total. The van der Waals surface area contributed by atoms with E-state index < -0.39 is 73.9 Å². The Balaban J connectivity index is 1.51. The van der Waals surface area contributed by atoms with Crippen molar-refractivity contribution in [1.82, 2.24) is 4.90 Å². The van der Waals surface area contributed by atoms with Crippen molar-refractivity contribution < 1.29 is 62.5 Å². The van der Waals surface area contributed by atoms with Crippen LogP contribution in [0.4, 0.5) is 39.9 Å². The summed E-state index contributed by atoms with van der Waals surface area (Å²) >= 11 is 0. The van der Waals surface area contributed by atoms with Gasteiger partial charge in [-0.05, 0) is 42.7 Å². The van der Waals surface area contributed by atoms with Crippen LogP contribution in [0.5, 0.6) is 0 Å². The maximum atomic E-state index is 14.6. The number of halogens is 8. The lowest BCUT2D eigenvalue weighted by Gasteiger charge is -2.32. The van der Waals surface area contributed by atoms with E-state index in [0.29, 0.717) is 25.2 Å². The Kier molecular flexibility index (Phi) is 7.50. The first-order valence-corrected chi connectivity index (χ1v) is 14.1. The number of carbonyl (C=O) groups excluding carboxylic acids is 1. The van der Waals surface area contributed by atoms with Crippen LogP contribution >= 0.6 is 0 Å². The molecule has 1 amide bonds. The van der Waals surface area contributed by atoms with Gasteiger partial charge in [0.2, 0.25) is 0 Å². The average molecular weight is 630 g/mol. The van der Waals surface area contributed by atoms with E-state index in [-0.39, 0.29) is 43.2 Å². The Morgan fingerprint density at radius 2 is 1.55 bits per heavy atom. The molecular formula is C26H23F8NO6S. The van der Waals surface area contributed by atoms with Crippen molar-refractivity contribution in [3.05, 3.63) is 65.5 Å². The summed E-state index contributed by atoms with van der Waals surface area (Å²) in [6.45, 7) is -0.399. The van der Waals surface area contributed by atoms with Crippen molar-refractivity contribution in [1.29, 1.82) is 0 Å². The Labute approximate surface area is 234 Å². The molecule has 3 fully saturated rings. The fourth-order valence-corrected chi connectivity index (χ4v) is 7.71. The number of sulfone groups is 1. The molecule has 0 saturated carbocycles. The third kappa shape index (κ3) is 4.80. The van der Waals surface area contributed by atoms with Crippen LogP contribution in [0.3, 0.4) is 0 Å². The molecule has 2 aromatic rings. The Hall–Kier alpha value is -2.98. The second kappa shape index (κ2) is 10.3. The van der Waals surface area contributed by atoms with E-state index in [9.17, 15) is 48.3 Å². The number of ether oxygens (including phenoxy) is 3. The van der Waals surface area contributed by atoms with Gasteiger partial charge in [-0.3, -0.25) is 0 Å². The number of hydrogen-bond acceptors (Lipinski definition) is 6. The van der Waals surface area contributed by atoms with Crippen LogP contribution < -0.4 is 0 Å². The van der Waals surface area contributed by atoms with Crippen LogP contribution in [0, 0.1) is 11.7 Å². The number of nitrogens with zero attached hydrogens (tertiary/aromatic N) is 1. The monoisotopic (exact) mass is 629 g/mol. The minimum absolute atomic E-state index is 0.0405. The van der Waals surface area contributed by atoms with Gasteiger partial charge in [0.1, 0.15) is 16.7 Å². The van der Waals surface area contributed by atoms with Gasteiger partial charge in [-0.25, -0.2) is 22.0 Å². The average Bonchev–Trinajstić information content (AvgIpc) is 3.65. The first-order chi connectivity index (χ1) is 19.5. The van der Waals surface area contributed by atoms with Gasteiger partial charge in [0.25, 0.3) is 0 Å². The maximum Gasteiger partial charge on any atom is 0.435 e. The van der Waals surface area contributed by atoms with Gasteiger partial charge in [0.05, 0.1) is 24.0 Å². The van der Waals surface area contributed by atoms with Crippen LogP contribution in [0.1, 0.15) is 24.0 Å². The van der Waals surface area contributed by atoms with Crippen molar-refractivity contribution in [3.63, 3.8) is 0 Å². The van der Waals surface area contributed by atoms with Crippen molar-refractivity contribution in [2.45, 2.75) is 52.9 Å². The highest BCUT2D eigenvalue weighted by Gasteiger charge is 2.73. The van der Waals surface area contributed by atoms with Gasteiger partial charge in [-0.15, -0.1) is 0 Å². The fourth-order valence-electron chi connectivity index (χ4n) is 5.63. The van der Waals surface area contributed by atoms with Gasteiger partial charge in [0, 0.05) is 18.7 Å². The third-order valence-electron chi connectivity index (χ3n) is 7.96. The second-order valence-electron chi connectivity index (χ2n) is 10.3. The van der Waals surface area contributed by atoms with Crippen LogP contribution in [0.25, 0.3) is 0 Å². The standard InChI is InChI=1S/C26H23F8NO6S/c27-17-5-7-18(8-6-17)42(37,38)23(15-1-3-16(4-2-15)24(28,25(29,30)31)26(32,33)34)10-11-35(14-23)22(36)41-20-13-40-21-19(20)9-12-39-21/h1-8,19-21H,9-14H2/t19-,20-,21+,23-/m0/s1. The van der Waals surface area contributed by atoms with Crippen LogP contribution in [-0.2, 0) is 34.5 Å². The molecule has 4 atom stereocenters. The van der Waals surface area contributed by atoms with Gasteiger partial charge in [-0.2, -0.15) is 26.3 Å². The van der Waals surface area contributed by atoms with Crippen LogP contribution in [0.2, 0.25) is 0 Å². The third-order valence-corrected chi connectivity index (χ3v) is 10.4. The zero-order chi connectivity index (χ0) is 30.7. The topological polar surface area (TPSA) is 82.1 Å². The molecular weight excluding hydrogens is 606 g/mol. The van der Waals surface area contributed by atoms with Gasteiger partial charge in [-0.1, -0.05) is 24.3 Å². The lowest BCUT2D eigenvalue weighted by Crippen LogP contribution is -2.50. The predicted octanol–water partition coefficient (Wildman–Crippen LogP) is 5.39. The van der Waals surface area contributed by atoms with Gasteiger partial charge in [0.15, 0.2) is 16.1 Å². The van der Waals surface area contributed by atoms with Gasteiger partial charge >= 0.3 is 24.1 Å². The number of hydrogen-bond donors (Lipinski definition) is 0. The van der Waals surface area contributed by atoms with E-state index >= 15 is 0 Å². The van der Waals surface area contributed by atoms with E-state index in [0.717, 1.165) is 29.2 Å². The smallest absolute Gasteiger partial charge is 0.435 e. The molecule has 0 unspecified atom stereocenters. The molecule has 230 valence electrons. The van der Waals surface area contributed by atoms with Gasteiger partial charge < -0.3 is 19.1 Å². The summed E-state index contributed by atoms with van der Waals surface area (Å²) in [5.74, 6) is -1.00. The second-order valence-corrected chi connectivity index (χ2v) is 12.6. The summed E-state index contributed by atoms with van der Waals surface area (Å²) in [7, 11) is -4.58. The molecule has 16 heteroatoms. The molecule has 0 aliphatic carbocycles. The summed E-state index contributed by atoms with van der Waals surface area (Å²) in [6, 6.07) is 5.34. The zero-order valence-electron chi connectivity index (χ0n) is 21.4. The number of alkyl halides is 7. The highest BCUT2D eigenvalue weighted by atomic mass is 32.2. The number of fused-ring (bicyclic) bond motifs is 1. The largest absolute Gasteiger partial charge is 0.443 e. The number of amides is 1. The van der Waals surface area contributed by atoms with E-state index in [4.69, 9.17) is 14.2 Å². The minimum Gasteiger partial charge on any atom is -0.443 e. The first-order valence-electron chi connectivity index (χ1n) is 12.6. The predicted molar refractivity (Wildman–Crippen MR) is 127 cm³/mol. The quantitative estimate of drug-likeness (QED) is 0.326. The lowest BCUT2D eigenvalue weighted by molar-refractivity contribution is -0.348. The molecule has 0 radical (unpaired) electrons. The number of likely N-dealkylation sites (tertiary alicyclic amines) is 1. The molecule has 0 N–H and O–H groups in total. The van der Waals surface area contributed by atoms with Crippen molar-refractivity contribution in [3.8, 4) is 0 Å². The van der Waals surface area contributed by atoms with Crippen molar-refractivity contribution in [2.75, 3.05) is 26.3 Å². The highest BCUT2D eigenvalue weighted by molar-refractivity contribution is 7.92. The SMILES string of the molecule is O=C(O[C@H]1CO[C@H]2OCC[C@H]21)N1CC[C@](c2ccc(C(F)(C(F)(F)F)C(F)(F)F)cc2)(S(=O)(=O)c2ccc(F)cc2)C1. The summed E-state index contributed by atoms with van der Waals surface area (Å²) in [4.78, 5) is 13.7. The molecule has 3 aliphatic rings. The first kappa shape index (κ1) is 30.5. The molecule has 3 saturated heterocycles. The maximum absolute atomic E-state index is 14.6. The Bertz CT molecular complexity index is 1420.